The number of nitrogens with one attached hydrogen (secondary N) is 2. The van der Waals surface area contributed by atoms with Gasteiger partial charge in [0.2, 0.25) is 5.13 Å². The number of aromatic amines is 1. The van der Waals surface area contributed by atoms with Crippen LogP contribution in [0.1, 0.15) is 34.3 Å². The lowest BCUT2D eigenvalue weighted by Gasteiger charge is -2.15. The Hall–Kier alpha value is -3.59. The monoisotopic (exact) mass is 435 g/mol. The van der Waals surface area contributed by atoms with E-state index in [-0.39, 0.29) is 0 Å². The van der Waals surface area contributed by atoms with Crippen molar-refractivity contribution in [2.45, 2.75) is 33.3 Å². The van der Waals surface area contributed by atoms with Crippen molar-refractivity contribution in [2.75, 3.05) is 5.32 Å². The highest BCUT2D eigenvalue weighted by atomic mass is 32.1. The number of H-pyrrole nitrogens is 1. The lowest BCUT2D eigenvalue weighted by molar-refractivity contribution is -0.124. The summed E-state index contributed by atoms with van der Waals surface area (Å²) in [5.41, 5.74) is 3.92. The number of imidazole rings is 1. The number of hydrogen-bond acceptors (Lipinski definition) is 7. The number of nitrogens with zero attached hydrogens (tertiary/aromatic N) is 3. The average Bonchev–Trinajstić information content (AvgIpc) is 3.37. The number of carbonyl (C=O) groups excluding carboxylic acids is 2. The maximum absolute atomic E-state index is 12.7. The van der Waals surface area contributed by atoms with Crippen LogP contribution >= 0.6 is 11.3 Å². The molecule has 0 spiro atoms. The summed E-state index contributed by atoms with van der Waals surface area (Å²) in [5.74, 6) is -0.293. The summed E-state index contributed by atoms with van der Waals surface area (Å²) in [4.78, 5) is 32.9. The molecule has 0 radical (unpaired) electrons. The summed E-state index contributed by atoms with van der Waals surface area (Å²) >= 11 is 1.26. The van der Waals surface area contributed by atoms with Gasteiger partial charge < -0.3 is 9.72 Å². The van der Waals surface area contributed by atoms with E-state index in [9.17, 15) is 9.59 Å². The summed E-state index contributed by atoms with van der Waals surface area (Å²) in [6, 6.07) is 13.1. The van der Waals surface area contributed by atoms with Crippen molar-refractivity contribution < 1.29 is 14.3 Å². The quantitative estimate of drug-likeness (QED) is 0.438. The van der Waals surface area contributed by atoms with Gasteiger partial charge in [0, 0.05) is 5.56 Å². The number of fused-ring (bicyclic) bond motifs is 1. The molecule has 8 nitrogen and oxygen atoms in total. The van der Waals surface area contributed by atoms with Crippen molar-refractivity contribution in [3.05, 3.63) is 58.6 Å². The minimum atomic E-state index is -0.933. The molecule has 4 aromatic rings. The molecule has 9 heteroatoms. The number of aromatic nitrogens is 4. The fourth-order valence-corrected chi connectivity index (χ4v) is 3.63. The van der Waals surface area contributed by atoms with Crippen molar-refractivity contribution in [2.24, 2.45) is 0 Å². The molecule has 4 rings (SSSR count). The first-order chi connectivity index (χ1) is 14.9. The van der Waals surface area contributed by atoms with Crippen LogP contribution in [0, 0.1) is 13.8 Å². The van der Waals surface area contributed by atoms with E-state index in [0.717, 1.165) is 21.9 Å². The Bertz CT molecular complexity index is 1250. The molecule has 1 amide bonds. The Morgan fingerprint density at radius 1 is 1.13 bits per heavy atom. The number of carbonyl (C=O) groups is 2. The second-order valence-corrected chi connectivity index (χ2v) is 8.28. The Labute approximate surface area is 182 Å². The number of rotatable bonds is 6. The summed E-state index contributed by atoms with van der Waals surface area (Å²) in [6.07, 6.45) is -0.600. The molecule has 31 heavy (non-hydrogen) atoms. The highest BCUT2D eigenvalue weighted by molar-refractivity contribution is 7.15. The minimum Gasteiger partial charge on any atom is -0.449 e. The van der Waals surface area contributed by atoms with Crippen LogP contribution in [0.5, 0.6) is 0 Å². The van der Waals surface area contributed by atoms with E-state index in [4.69, 9.17) is 4.74 Å². The molecular formula is C22H21N5O3S. The summed E-state index contributed by atoms with van der Waals surface area (Å²) in [7, 11) is 0. The first-order valence-corrected chi connectivity index (χ1v) is 10.6. The molecule has 1 atom stereocenters. The Morgan fingerprint density at radius 2 is 1.90 bits per heavy atom. The second kappa shape index (κ2) is 8.65. The molecule has 0 aliphatic rings. The van der Waals surface area contributed by atoms with Crippen molar-refractivity contribution in [3.63, 3.8) is 0 Å². The molecule has 2 heterocycles. The highest BCUT2D eigenvalue weighted by Crippen LogP contribution is 2.22. The van der Waals surface area contributed by atoms with Gasteiger partial charge in [-0.3, -0.25) is 10.1 Å². The van der Waals surface area contributed by atoms with E-state index in [2.05, 4.69) is 25.5 Å². The molecule has 0 saturated carbocycles. The molecule has 1 unspecified atom stereocenters. The SMILES string of the molecule is CCC(OC(=O)c1ccc2nc(-c3ccc(C)cc3)[nH]c2c1)C(=O)Nc1nnc(C)s1. The van der Waals surface area contributed by atoms with Crippen molar-refractivity contribution in [1.29, 1.82) is 0 Å². The van der Waals surface area contributed by atoms with Crippen LogP contribution in [0.15, 0.2) is 42.5 Å². The van der Waals surface area contributed by atoms with Gasteiger partial charge in [0.15, 0.2) is 6.10 Å². The van der Waals surface area contributed by atoms with E-state index < -0.39 is 18.0 Å². The van der Waals surface area contributed by atoms with E-state index in [1.54, 1.807) is 32.0 Å². The van der Waals surface area contributed by atoms with E-state index in [0.29, 0.717) is 22.6 Å². The average molecular weight is 436 g/mol. The van der Waals surface area contributed by atoms with Crippen molar-refractivity contribution in [1.82, 2.24) is 20.2 Å². The van der Waals surface area contributed by atoms with Crippen LogP contribution in [0.2, 0.25) is 0 Å². The van der Waals surface area contributed by atoms with Gasteiger partial charge in [0.05, 0.1) is 16.6 Å². The molecule has 0 fully saturated rings. The number of anilines is 1. The zero-order valence-electron chi connectivity index (χ0n) is 17.3. The topological polar surface area (TPSA) is 110 Å². The fourth-order valence-electron chi connectivity index (χ4n) is 3.04. The lowest BCUT2D eigenvalue weighted by Crippen LogP contribution is -2.32. The van der Waals surface area contributed by atoms with Gasteiger partial charge in [0.1, 0.15) is 10.8 Å². The van der Waals surface area contributed by atoms with Gasteiger partial charge in [-0.05, 0) is 38.5 Å². The van der Waals surface area contributed by atoms with Gasteiger partial charge in [-0.2, -0.15) is 0 Å². The van der Waals surface area contributed by atoms with Crippen LogP contribution in [-0.2, 0) is 9.53 Å². The van der Waals surface area contributed by atoms with E-state index in [1.165, 1.54) is 16.9 Å². The largest absolute Gasteiger partial charge is 0.449 e. The number of ether oxygens (including phenoxy) is 1. The Kier molecular flexibility index (Phi) is 5.77. The molecule has 0 aliphatic carbocycles. The first kappa shape index (κ1) is 20.7. The van der Waals surface area contributed by atoms with Crippen LogP contribution in [0.25, 0.3) is 22.4 Å². The van der Waals surface area contributed by atoms with Crippen LogP contribution < -0.4 is 5.32 Å². The Morgan fingerprint density at radius 3 is 2.58 bits per heavy atom. The third kappa shape index (κ3) is 4.61. The molecule has 0 bridgehead atoms. The number of aryl methyl sites for hydroxylation is 2. The third-order valence-corrected chi connectivity index (χ3v) is 5.47. The van der Waals surface area contributed by atoms with E-state index >= 15 is 0 Å². The van der Waals surface area contributed by atoms with Crippen molar-refractivity contribution in [3.8, 4) is 11.4 Å². The summed E-state index contributed by atoms with van der Waals surface area (Å²) < 4.78 is 5.45. The third-order valence-electron chi connectivity index (χ3n) is 4.71. The molecule has 2 aromatic carbocycles. The number of esters is 1. The van der Waals surface area contributed by atoms with Gasteiger partial charge >= 0.3 is 5.97 Å². The first-order valence-electron chi connectivity index (χ1n) is 9.81. The predicted octanol–water partition coefficient (Wildman–Crippen LogP) is 4.27. The van der Waals surface area contributed by atoms with Gasteiger partial charge in [0.25, 0.3) is 5.91 Å². The summed E-state index contributed by atoms with van der Waals surface area (Å²) in [6.45, 7) is 5.59. The molecule has 158 valence electrons. The fraction of sp³-hybridized carbons (Fsp3) is 0.227. The number of amides is 1. The van der Waals surface area contributed by atoms with Crippen molar-refractivity contribution >= 4 is 39.4 Å². The normalized spacial score (nSPS) is 12.0. The number of hydrogen-bond donors (Lipinski definition) is 2. The highest BCUT2D eigenvalue weighted by Gasteiger charge is 2.23. The maximum Gasteiger partial charge on any atom is 0.338 e. The van der Waals surface area contributed by atoms with Gasteiger partial charge in [-0.1, -0.05) is 48.1 Å². The standard InChI is InChI=1S/C22H21N5O3S/c1-4-18(20(28)25-22-27-26-13(3)31-22)30-21(29)15-9-10-16-17(11-15)24-19(23-16)14-7-5-12(2)6-8-14/h5-11,18H,4H2,1-3H3,(H,23,24)(H,25,27,28). The van der Waals surface area contributed by atoms with Gasteiger partial charge in [-0.15, -0.1) is 10.2 Å². The van der Waals surface area contributed by atoms with Crippen LogP contribution in [0.3, 0.4) is 0 Å². The zero-order valence-corrected chi connectivity index (χ0v) is 18.1. The summed E-state index contributed by atoms with van der Waals surface area (Å²) in [5, 5.41) is 11.5. The smallest absolute Gasteiger partial charge is 0.338 e. The van der Waals surface area contributed by atoms with Crippen LogP contribution in [-0.4, -0.2) is 38.1 Å². The predicted molar refractivity (Wildman–Crippen MR) is 119 cm³/mol. The molecule has 2 aromatic heterocycles. The molecule has 2 N–H and O–H groups in total. The zero-order chi connectivity index (χ0) is 22.0. The maximum atomic E-state index is 12.7. The van der Waals surface area contributed by atoms with Gasteiger partial charge in [-0.25, -0.2) is 9.78 Å². The lowest BCUT2D eigenvalue weighted by atomic mass is 10.1. The Balaban J connectivity index is 1.49. The van der Waals surface area contributed by atoms with E-state index in [1.807, 2.05) is 31.2 Å². The second-order valence-electron chi connectivity index (χ2n) is 7.10. The molecular weight excluding hydrogens is 414 g/mol. The van der Waals surface area contributed by atoms with Crippen LogP contribution in [0.4, 0.5) is 5.13 Å². The number of benzene rings is 2. The molecule has 0 saturated heterocycles. The molecule has 0 aliphatic heterocycles. The minimum absolute atomic E-state index is 0.333.